The zero-order valence-corrected chi connectivity index (χ0v) is 8.21. The van der Waals surface area contributed by atoms with Crippen molar-refractivity contribution < 1.29 is 4.79 Å². The molecule has 0 radical (unpaired) electrons. The Morgan fingerprint density at radius 2 is 2.40 bits per heavy atom. The molecule has 0 bridgehead atoms. The summed E-state index contributed by atoms with van der Waals surface area (Å²) in [5.41, 5.74) is 3.04. The predicted octanol–water partition coefficient (Wildman–Crippen LogP) is 0.794. The lowest BCUT2D eigenvalue weighted by Crippen LogP contribution is -2.12. The minimum Gasteiger partial charge on any atom is -0.326 e. The van der Waals surface area contributed by atoms with E-state index in [-0.39, 0.29) is 5.91 Å². The second-order valence-electron chi connectivity index (χ2n) is 3.48. The van der Waals surface area contributed by atoms with Gasteiger partial charge in [-0.05, 0) is 17.2 Å². The van der Waals surface area contributed by atoms with E-state index in [1.165, 1.54) is 0 Å². The average molecular weight is 201 g/mol. The van der Waals surface area contributed by atoms with E-state index < -0.39 is 0 Å². The van der Waals surface area contributed by atoms with Crippen LogP contribution in [-0.4, -0.2) is 12.5 Å². The molecule has 76 valence electrons. The fraction of sp³-hybridized carbons (Fsp3) is 0.273. The molecule has 0 aliphatic carbocycles. The lowest BCUT2D eigenvalue weighted by Gasteiger charge is -2.03. The topological polar surface area (TPSA) is 64.9 Å². The number of nitriles is 1. The molecule has 4 heteroatoms. The van der Waals surface area contributed by atoms with E-state index in [4.69, 9.17) is 5.26 Å². The summed E-state index contributed by atoms with van der Waals surface area (Å²) in [6.07, 6.45) is 0.460. The van der Waals surface area contributed by atoms with Crippen molar-refractivity contribution in [3.8, 4) is 6.07 Å². The molecule has 0 aromatic heterocycles. The summed E-state index contributed by atoms with van der Waals surface area (Å²) in [6.45, 7) is 1.00. The highest BCUT2D eigenvalue weighted by molar-refractivity contribution is 5.99. The van der Waals surface area contributed by atoms with E-state index in [2.05, 4.69) is 10.6 Å². The smallest absolute Gasteiger partial charge is 0.228 e. The standard InChI is InChI=1S/C11H11N3O/c12-3-4-13-7-8-1-2-10-9(5-8)6-11(15)14-10/h1-2,5,13H,4,6-7H2,(H,14,15). The van der Waals surface area contributed by atoms with E-state index in [9.17, 15) is 4.79 Å². The maximum atomic E-state index is 11.1. The first-order valence-corrected chi connectivity index (χ1v) is 4.79. The number of anilines is 1. The summed E-state index contributed by atoms with van der Waals surface area (Å²) in [5.74, 6) is 0.0483. The highest BCUT2D eigenvalue weighted by Gasteiger charge is 2.16. The summed E-state index contributed by atoms with van der Waals surface area (Å²) >= 11 is 0. The molecule has 1 aliphatic heterocycles. The van der Waals surface area contributed by atoms with Crippen LogP contribution in [0.2, 0.25) is 0 Å². The highest BCUT2D eigenvalue weighted by atomic mass is 16.1. The fourth-order valence-corrected chi connectivity index (χ4v) is 1.66. The van der Waals surface area contributed by atoms with Crippen molar-refractivity contribution in [2.45, 2.75) is 13.0 Å². The van der Waals surface area contributed by atoms with Crippen molar-refractivity contribution in [3.05, 3.63) is 29.3 Å². The van der Waals surface area contributed by atoms with E-state index in [1.54, 1.807) is 0 Å². The molecule has 2 rings (SSSR count). The van der Waals surface area contributed by atoms with Gasteiger partial charge in [0.15, 0.2) is 0 Å². The van der Waals surface area contributed by atoms with E-state index in [0.29, 0.717) is 19.5 Å². The molecule has 0 spiro atoms. The third-order valence-electron chi connectivity index (χ3n) is 2.33. The second-order valence-corrected chi connectivity index (χ2v) is 3.48. The van der Waals surface area contributed by atoms with Gasteiger partial charge in [-0.1, -0.05) is 12.1 Å². The molecule has 0 saturated heterocycles. The molecule has 1 aromatic rings. The Morgan fingerprint density at radius 3 is 3.20 bits per heavy atom. The minimum atomic E-state index is 0.0483. The largest absolute Gasteiger partial charge is 0.326 e. The van der Waals surface area contributed by atoms with Crippen molar-refractivity contribution in [1.29, 1.82) is 5.26 Å². The first-order chi connectivity index (χ1) is 7.29. The van der Waals surface area contributed by atoms with Gasteiger partial charge in [0.05, 0.1) is 19.0 Å². The number of amides is 1. The molecule has 0 atom stereocenters. The van der Waals surface area contributed by atoms with Crippen molar-refractivity contribution in [1.82, 2.24) is 5.32 Å². The van der Waals surface area contributed by atoms with Crippen molar-refractivity contribution in [3.63, 3.8) is 0 Å². The number of carbonyl (C=O) groups is 1. The van der Waals surface area contributed by atoms with Gasteiger partial charge < -0.3 is 10.6 Å². The molecule has 15 heavy (non-hydrogen) atoms. The van der Waals surface area contributed by atoms with Crippen molar-refractivity contribution in [2.75, 3.05) is 11.9 Å². The van der Waals surface area contributed by atoms with Gasteiger partial charge in [0, 0.05) is 12.2 Å². The number of carbonyl (C=O) groups excluding carboxylic acids is 1. The SMILES string of the molecule is N#CCNCc1ccc2c(c1)CC(=O)N2. The lowest BCUT2D eigenvalue weighted by molar-refractivity contribution is -0.115. The normalized spacial score (nSPS) is 13.1. The molecule has 2 N–H and O–H groups in total. The summed E-state index contributed by atoms with van der Waals surface area (Å²) in [6, 6.07) is 7.88. The van der Waals surface area contributed by atoms with Crippen LogP contribution in [0.25, 0.3) is 0 Å². The first kappa shape index (κ1) is 9.69. The molecule has 0 unspecified atom stereocenters. The van der Waals surface area contributed by atoms with Crippen molar-refractivity contribution in [2.24, 2.45) is 0 Å². The molecule has 1 heterocycles. The Bertz CT molecular complexity index is 434. The van der Waals surface area contributed by atoms with Crippen LogP contribution in [-0.2, 0) is 17.8 Å². The van der Waals surface area contributed by atoms with E-state index in [1.807, 2.05) is 24.3 Å². The summed E-state index contributed by atoms with van der Waals surface area (Å²) in [5, 5.41) is 14.1. The van der Waals surface area contributed by atoms with Gasteiger partial charge in [-0.2, -0.15) is 5.26 Å². The number of rotatable bonds is 3. The van der Waals surface area contributed by atoms with Crippen LogP contribution < -0.4 is 10.6 Å². The van der Waals surface area contributed by atoms with Gasteiger partial charge in [0.2, 0.25) is 5.91 Å². The molecule has 0 fully saturated rings. The maximum absolute atomic E-state index is 11.1. The quantitative estimate of drug-likeness (QED) is 0.561. The van der Waals surface area contributed by atoms with Crippen LogP contribution in [0.4, 0.5) is 5.69 Å². The Balaban J connectivity index is 2.07. The van der Waals surface area contributed by atoms with Crippen LogP contribution in [0.1, 0.15) is 11.1 Å². The van der Waals surface area contributed by atoms with Gasteiger partial charge in [0.25, 0.3) is 0 Å². The van der Waals surface area contributed by atoms with Gasteiger partial charge in [0.1, 0.15) is 0 Å². The fourth-order valence-electron chi connectivity index (χ4n) is 1.66. The number of nitrogens with one attached hydrogen (secondary N) is 2. The van der Waals surface area contributed by atoms with E-state index in [0.717, 1.165) is 16.8 Å². The Labute approximate surface area is 87.9 Å². The molecular formula is C11H11N3O. The number of benzene rings is 1. The summed E-state index contributed by atoms with van der Waals surface area (Å²) < 4.78 is 0. The number of nitrogens with zero attached hydrogens (tertiary/aromatic N) is 1. The zero-order valence-electron chi connectivity index (χ0n) is 8.21. The number of hydrogen-bond donors (Lipinski definition) is 2. The Hall–Kier alpha value is -1.86. The Morgan fingerprint density at radius 1 is 1.53 bits per heavy atom. The zero-order chi connectivity index (χ0) is 10.7. The molecule has 1 amide bonds. The first-order valence-electron chi connectivity index (χ1n) is 4.79. The molecular weight excluding hydrogens is 190 g/mol. The molecule has 1 aromatic carbocycles. The van der Waals surface area contributed by atoms with Crippen LogP contribution >= 0.6 is 0 Å². The molecule has 4 nitrogen and oxygen atoms in total. The van der Waals surface area contributed by atoms with Gasteiger partial charge in [-0.25, -0.2) is 0 Å². The third-order valence-corrected chi connectivity index (χ3v) is 2.33. The van der Waals surface area contributed by atoms with Gasteiger partial charge >= 0.3 is 0 Å². The molecule has 0 saturated carbocycles. The monoisotopic (exact) mass is 201 g/mol. The highest BCUT2D eigenvalue weighted by Crippen LogP contribution is 2.23. The number of hydrogen-bond acceptors (Lipinski definition) is 3. The predicted molar refractivity (Wildman–Crippen MR) is 56.1 cm³/mol. The number of fused-ring (bicyclic) bond motifs is 1. The molecule has 1 aliphatic rings. The van der Waals surface area contributed by atoms with Crippen LogP contribution in [0.15, 0.2) is 18.2 Å². The van der Waals surface area contributed by atoms with Gasteiger partial charge in [-0.3, -0.25) is 4.79 Å². The van der Waals surface area contributed by atoms with Crippen LogP contribution in [0.5, 0.6) is 0 Å². The summed E-state index contributed by atoms with van der Waals surface area (Å²) in [4.78, 5) is 11.1. The van der Waals surface area contributed by atoms with E-state index >= 15 is 0 Å². The van der Waals surface area contributed by atoms with Gasteiger partial charge in [-0.15, -0.1) is 0 Å². The summed E-state index contributed by atoms with van der Waals surface area (Å²) in [7, 11) is 0. The second kappa shape index (κ2) is 4.11. The third kappa shape index (κ3) is 2.14. The minimum absolute atomic E-state index is 0.0483. The average Bonchev–Trinajstić information content (AvgIpc) is 2.57. The lowest BCUT2D eigenvalue weighted by atomic mass is 10.1. The van der Waals surface area contributed by atoms with Crippen LogP contribution in [0, 0.1) is 11.3 Å². The maximum Gasteiger partial charge on any atom is 0.228 e. The Kier molecular flexibility index (Phi) is 2.66. The van der Waals surface area contributed by atoms with Crippen LogP contribution in [0.3, 0.4) is 0 Å². The van der Waals surface area contributed by atoms with Crippen molar-refractivity contribution >= 4 is 11.6 Å².